The molecule has 1 amide bonds. The molecule has 1 aliphatic heterocycles. The Balaban J connectivity index is 2.78. The van der Waals surface area contributed by atoms with Gasteiger partial charge in [0.25, 0.3) is 5.69 Å². The number of nitrogens with zero attached hydrogens (tertiary/aromatic N) is 3. The fourth-order valence-electron chi connectivity index (χ4n) is 3.30. The molecule has 1 heterocycles. The Morgan fingerprint density at radius 2 is 2.33 bits per heavy atom. The Kier molecular flexibility index (Phi) is 5.36. The zero-order chi connectivity index (χ0) is 17.9. The number of nitro benzene ring substituents is 1. The van der Waals surface area contributed by atoms with E-state index in [0.717, 1.165) is 25.9 Å². The highest BCUT2D eigenvalue weighted by atomic mass is 16.6. The van der Waals surface area contributed by atoms with Gasteiger partial charge in [0.2, 0.25) is 5.91 Å². The lowest BCUT2D eigenvalue weighted by atomic mass is 9.96. The van der Waals surface area contributed by atoms with E-state index in [1.165, 1.54) is 20.1 Å². The third-order valence-electron chi connectivity index (χ3n) is 4.21. The first-order valence-corrected chi connectivity index (χ1v) is 7.75. The number of carbonyl (C=O) groups excluding carboxylic acids is 1. The van der Waals surface area contributed by atoms with Gasteiger partial charge in [-0.05, 0) is 32.0 Å². The van der Waals surface area contributed by atoms with Gasteiger partial charge in [-0.15, -0.1) is 0 Å². The van der Waals surface area contributed by atoms with E-state index in [4.69, 9.17) is 4.74 Å². The molecule has 1 aromatic carbocycles. The van der Waals surface area contributed by atoms with Crippen molar-refractivity contribution in [2.45, 2.75) is 32.7 Å². The Bertz CT molecular complexity index is 711. The van der Waals surface area contributed by atoms with Crippen LogP contribution in [0.15, 0.2) is 6.07 Å². The molecule has 0 aliphatic carbocycles. The van der Waals surface area contributed by atoms with Crippen LogP contribution in [0.1, 0.15) is 43.9 Å². The number of ether oxygens (including phenoxy) is 1. The van der Waals surface area contributed by atoms with Gasteiger partial charge in [0.15, 0.2) is 5.75 Å². The predicted octanol–water partition coefficient (Wildman–Crippen LogP) is 2.59. The molecule has 8 heteroatoms. The van der Waals surface area contributed by atoms with Crippen molar-refractivity contribution in [3.8, 4) is 11.8 Å². The van der Waals surface area contributed by atoms with E-state index in [0.29, 0.717) is 5.56 Å². The van der Waals surface area contributed by atoms with Gasteiger partial charge in [-0.1, -0.05) is 6.92 Å². The van der Waals surface area contributed by atoms with Crippen LogP contribution in [0, 0.1) is 21.4 Å². The SMILES string of the molecule is CCN1CCCC1c1c(OC)c(NC(C)=O)cc(C#N)c1[N+](=O)[O-]. The quantitative estimate of drug-likeness (QED) is 0.656. The summed E-state index contributed by atoms with van der Waals surface area (Å²) >= 11 is 0. The normalized spacial score (nSPS) is 17.3. The highest BCUT2D eigenvalue weighted by molar-refractivity contribution is 5.92. The molecule has 0 spiro atoms. The molecule has 24 heavy (non-hydrogen) atoms. The van der Waals surface area contributed by atoms with E-state index in [1.54, 1.807) is 0 Å². The zero-order valence-electron chi connectivity index (χ0n) is 14.0. The summed E-state index contributed by atoms with van der Waals surface area (Å²) in [6.07, 6.45) is 1.64. The molecular weight excluding hydrogens is 312 g/mol. The summed E-state index contributed by atoms with van der Waals surface area (Å²) in [4.78, 5) is 24.7. The maximum Gasteiger partial charge on any atom is 0.295 e. The molecule has 1 unspecified atom stereocenters. The Hall–Kier alpha value is -2.66. The second-order valence-electron chi connectivity index (χ2n) is 5.60. The largest absolute Gasteiger partial charge is 0.494 e. The lowest BCUT2D eigenvalue weighted by Crippen LogP contribution is -2.24. The van der Waals surface area contributed by atoms with Crippen LogP contribution >= 0.6 is 0 Å². The summed E-state index contributed by atoms with van der Waals surface area (Å²) in [5.41, 5.74) is 0.325. The minimum absolute atomic E-state index is 0.0810. The Morgan fingerprint density at radius 3 is 2.83 bits per heavy atom. The van der Waals surface area contributed by atoms with Gasteiger partial charge in [-0.25, -0.2) is 0 Å². The molecule has 0 aromatic heterocycles. The molecule has 1 aromatic rings. The molecule has 1 saturated heterocycles. The van der Waals surface area contributed by atoms with E-state index >= 15 is 0 Å². The summed E-state index contributed by atoms with van der Waals surface area (Å²) in [7, 11) is 1.41. The van der Waals surface area contributed by atoms with Gasteiger partial charge >= 0.3 is 0 Å². The van der Waals surface area contributed by atoms with Crippen LogP contribution in [0.4, 0.5) is 11.4 Å². The molecule has 1 fully saturated rings. The predicted molar refractivity (Wildman–Crippen MR) is 87.9 cm³/mol. The standard InChI is InChI=1S/C16H20N4O4/c1-4-19-7-5-6-13(19)14-15(20(22)23)11(9-17)8-12(16(14)24-3)18-10(2)21/h8,13H,4-7H2,1-3H3,(H,18,21). The fraction of sp³-hybridized carbons (Fsp3) is 0.500. The number of likely N-dealkylation sites (tertiary alicyclic amines) is 1. The Morgan fingerprint density at radius 1 is 1.62 bits per heavy atom. The first-order chi connectivity index (χ1) is 11.4. The second kappa shape index (κ2) is 7.27. The van der Waals surface area contributed by atoms with Gasteiger partial charge in [-0.3, -0.25) is 19.8 Å². The molecule has 1 N–H and O–H groups in total. The molecule has 2 rings (SSSR count). The first-order valence-electron chi connectivity index (χ1n) is 7.75. The average molecular weight is 332 g/mol. The first kappa shape index (κ1) is 17.7. The van der Waals surface area contributed by atoms with Gasteiger partial charge in [-0.2, -0.15) is 5.26 Å². The monoisotopic (exact) mass is 332 g/mol. The smallest absolute Gasteiger partial charge is 0.295 e. The number of rotatable bonds is 5. The third kappa shape index (κ3) is 3.16. The van der Waals surface area contributed by atoms with E-state index in [1.807, 2.05) is 13.0 Å². The number of hydrogen-bond acceptors (Lipinski definition) is 6. The number of nitro groups is 1. The highest BCUT2D eigenvalue weighted by Crippen LogP contribution is 2.47. The summed E-state index contributed by atoms with van der Waals surface area (Å²) in [5.74, 6) is -0.0861. The number of benzene rings is 1. The zero-order valence-corrected chi connectivity index (χ0v) is 14.0. The van der Waals surface area contributed by atoms with Crippen molar-refractivity contribution < 1.29 is 14.5 Å². The summed E-state index contributed by atoms with van der Waals surface area (Å²) < 4.78 is 5.42. The lowest BCUT2D eigenvalue weighted by Gasteiger charge is -2.26. The maximum atomic E-state index is 11.6. The van der Waals surface area contributed by atoms with Crippen molar-refractivity contribution >= 4 is 17.3 Å². The van der Waals surface area contributed by atoms with Crippen LogP contribution in [-0.2, 0) is 4.79 Å². The number of hydrogen-bond donors (Lipinski definition) is 1. The van der Waals surface area contributed by atoms with Crippen molar-refractivity contribution in [3.63, 3.8) is 0 Å². The number of nitrogens with one attached hydrogen (secondary N) is 1. The molecule has 0 bridgehead atoms. The molecule has 1 aliphatic rings. The molecule has 0 radical (unpaired) electrons. The highest BCUT2D eigenvalue weighted by Gasteiger charge is 2.37. The maximum absolute atomic E-state index is 11.6. The van der Waals surface area contributed by atoms with Crippen LogP contribution in [-0.4, -0.2) is 35.9 Å². The fourth-order valence-corrected chi connectivity index (χ4v) is 3.30. The van der Waals surface area contributed by atoms with Gasteiger partial charge in [0.05, 0.1) is 23.3 Å². The van der Waals surface area contributed by atoms with Gasteiger partial charge < -0.3 is 10.1 Å². The van der Waals surface area contributed by atoms with Crippen LogP contribution in [0.2, 0.25) is 0 Å². The van der Waals surface area contributed by atoms with Crippen molar-refractivity contribution in [2.24, 2.45) is 0 Å². The second-order valence-corrected chi connectivity index (χ2v) is 5.60. The van der Waals surface area contributed by atoms with Crippen LogP contribution in [0.3, 0.4) is 0 Å². The topological polar surface area (TPSA) is 108 Å². The number of nitriles is 1. The molecule has 1 atom stereocenters. The summed E-state index contributed by atoms with van der Waals surface area (Å²) in [6, 6.07) is 2.95. The van der Waals surface area contributed by atoms with Gasteiger partial charge in [0, 0.05) is 13.0 Å². The molecule has 0 saturated carbocycles. The Labute approximate surface area is 140 Å². The van der Waals surface area contributed by atoms with E-state index < -0.39 is 4.92 Å². The lowest BCUT2D eigenvalue weighted by molar-refractivity contribution is -0.386. The molecule has 8 nitrogen and oxygen atoms in total. The van der Waals surface area contributed by atoms with Crippen molar-refractivity contribution in [1.82, 2.24) is 4.90 Å². The van der Waals surface area contributed by atoms with Crippen LogP contribution in [0.5, 0.6) is 5.75 Å². The van der Waals surface area contributed by atoms with Crippen LogP contribution < -0.4 is 10.1 Å². The minimum Gasteiger partial charge on any atom is -0.494 e. The number of anilines is 1. The average Bonchev–Trinajstić information content (AvgIpc) is 3.00. The van der Waals surface area contributed by atoms with E-state index in [2.05, 4.69) is 10.2 Å². The summed E-state index contributed by atoms with van der Waals surface area (Å²) in [6.45, 7) is 4.88. The van der Waals surface area contributed by atoms with E-state index in [-0.39, 0.29) is 34.6 Å². The number of amides is 1. The van der Waals surface area contributed by atoms with Crippen LogP contribution in [0.25, 0.3) is 0 Å². The third-order valence-corrected chi connectivity index (χ3v) is 4.21. The van der Waals surface area contributed by atoms with Crippen molar-refractivity contribution in [1.29, 1.82) is 5.26 Å². The van der Waals surface area contributed by atoms with Crippen molar-refractivity contribution in [3.05, 3.63) is 27.3 Å². The minimum atomic E-state index is -0.542. The van der Waals surface area contributed by atoms with Gasteiger partial charge in [0.1, 0.15) is 11.6 Å². The van der Waals surface area contributed by atoms with E-state index in [9.17, 15) is 20.2 Å². The van der Waals surface area contributed by atoms with Crippen molar-refractivity contribution in [2.75, 3.05) is 25.5 Å². The molecular formula is C16H20N4O4. The molecule has 128 valence electrons. The summed E-state index contributed by atoms with van der Waals surface area (Å²) in [5, 5.41) is 23.6. The number of methoxy groups -OCH3 is 1. The number of carbonyl (C=O) groups is 1.